The second kappa shape index (κ2) is 15.6. The molecule has 0 spiro atoms. The van der Waals surface area contributed by atoms with Crippen molar-refractivity contribution in [1.82, 2.24) is 0 Å². The second-order valence-electron chi connectivity index (χ2n) is 14.2. The van der Waals surface area contributed by atoms with Crippen LogP contribution >= 0.6 is 0 Å². The molecule has 11 aromatic rings. The molecule has 0 aliphatic rings. The third-order valence-corrected chi connectivity index (χ3v) is 10.6. The van der Waals surface area contributed by atoms with E-state index < -0.39 is 154 Å². The van der Waals surface area contributed by atoms with Crippen LogP contribution < -0.4 is 4.90 Å². The van der Waals surface area contributed by atoms with Crippen molar-refractivity contribution in [3.8, 4) is 55.6 Å². The zero-order valence-corrected chi connectivity index (χ0v) is 32.1. The third-order valence-electron chi connectivity index (χ3n) is 10.6. The van der Waals surface area contributed by atoms with Crippen molar-refractivity contribution in [1.29, 1.82) is 0 Å². The Kier molecular flexibility index (Phi) is 5.46. The number of fused-ring (bicyclic) bond motifs is 3. The standard InChI is InChI=1S/C60H41N/c1-2-14-50(15-3-1)60-58-19-9-7-13-47(58)33-40-59(60)49-31-38-55(39-32-49)61(54-36-29-48(30-37-54)57-20-10-17-46-12-6-8-18-56(46)57)53-34-27-44(28-35-53)43-21-23-45(24-22-43)52-26-25-42-11-4-5-16-51(42)41-52/h1-41H/i6D,8D,10D,12D,17D,18D,20D,27D,28D,29D,30D,31D,32D,34D,35D,36D,37D,38D,39D. The van der Waals surface area contributed by atoms with Crippen molar-refractivity contribution in [2.45, 2.75) is 0 Å². The zero-order valence-electron chi connectivity index (χ0n) is 51.1. The molecule has 0 atom stereocenters. The van der Waals surface area contributed by atoms with Gasteiger partial charge in [-0.25, -0.2) is 0 Å². The largest absolute Gasteiger partial charge is 0.311 e. The Morgan fingerprint density at radius 2 is 0.803 bits per heavy atom. The summed E-state index contributed by atoms with van der Waals surface area (Å²) in [5.41, 5.74) is -0.665. The lowest BCUT2D eigenvalue weighted by atomic mass is 9.90. The van der Waals surface area contributed by atoms with Crippen molar-refractivity contribution < 1.29 is 26.0 Å². The summed E-state index contributed by atoms with van der Waals surface area (Å²) < 4.78 is 177. The number of anilines is 3. The van der Waals surface area contributed by atoms with Gasteiger partial charge in [-0.2, -0.15) is 0 Å². The van der Waals surface area contributed by atoms with Crippen LogP contribution in [0.3, 0.4) is 0 Å². The zero-order chi connectivity index (χ0) is 57.1. The molecular weight excluding hydrogens is 735 g/mol. The first-order valence-electron chi connectivity index (χ1n) is 29.0. The van der Waals surface area contributed by atoms with Crippen molar-refractivity contribution in [3.63, 3.8) is 0 Å². The maximum atomic E-state index is 9.82. The highest BCUT2D eigenvalue weighted by atomic mass is 15.1. The van der Waals surface area contributed by atoms with E-state index in [0.29, 0.717) is 21.6 Å². The number of hydrogen-bond acceptors (Lipinski definition) is 1. The molecule has 0 heterocycles. The van der Waals surface area contributed by atoms with E-state index in [4.69, 9.17) is 9.60 Å². The van der Waals surface area contributed by atoms with Gasteiger partial charge in [0.1, 0.15) is 0 Å². The van der Waals surface area contributed by atoms with Gasteiger partial charge in [-0.05, 0) is 130 Å². The molecule has 1 nitrogen and oxygen atoms in total. The van der Waals surface area contributed by atoms with E-state index in [1.165, 1.54) is 0 Å². The molecule has 0 saturated heterocycles. The Bertz CT molecular complexity index is 4370. The SMILES string of the molecule is [2H]c1c([2H])c(N(c2c([2H])c([2H])c(-c3ccc4ccccc4c3-c3ccccc3)c([2H])c2[2H])c2c([2H])c([2H])c(-c3c([2H])c([2H])c([2H])c4c([2H])c([2H])c([2H])c([2H])c34)c([2H])c2[2H])c([2H])c([2H])c1-c1ccc(-c2ccc3ccccc3c2)cc1. The van der Waals surface area contributed by atoms with E-state index in [-0.39, 0.29) is 16.7 Å². The van der Waals surface area contributed by atoms with Crippen molar-refractivity contribution >= 4 is 49.4 Å². The fourth-order valence-electron chi connectivity index (χ4n) is 7.59. The minimum absolute atomic E-state index is 0.172. The highest BCUT2D eigenvalue weighted by Gasteiger charge is 2.17. The predicted octanol–water partition coefficient (Wildman–Crippen LogP) is 17.0. The summed E-state index contributed by atoms with van der Waals surface area (Å²) in [4.78, 5) is 0.662. The van der Waals surface area contributed by atoms with Crippen LogP contribution in [0.2, 0.25) is 0 Å². The van der Waals surface area contributed by atoms with Crippen LogP contribution in [-0.2, 0) is 0 Å². The summed E-state index contributed by atoms with van der Waals surface area (Å²) in [6.45, 7) is 0. The molecule has 0 N–H and O–H groups in total. The van der Waals surface area contributed by atoms with Crippen LogP contribution in [0.25, 0.3) is 88.0 Å². The Labute approximate surface area is 383 Å². The smallest absolute Gasteiger partial charge is 0.0645 e. The molecule has 1 heteroatoms. The highest BCUT2D eigenvalue weighted by Crippen LogP contribution is 2.42. The second-order valence-corrected chi connectivity index (χ2v) is 14.2. The first-order valence-corrected chi connectivity index (χ1v) is 19.5. The molecule has 11 rings (SSSR count). The molecule has 0 aromatic heterocycles. The van der Waals surface area contributed by atoms with E-state index in [2.05, 4.69) is 0 Å². The van der Waals surface area contributed by atoms with Crippen LogP contribution in [0.5, 0.6) is 0 Å². The average molecular weight is 795 g/mol. The van der Waals surface area contributed by atoms with Crippen molar-refractivity contribution in [3.05, 3.63) is 248 Å². The van der Waals surface area contributed by atoms with Gasteiger partial charge in [0.25, 0.3) is 0 Å². The summed E-state index contributed by atoms with van der Waals surface area (Å²) in [7, 11) is 0. The summed E-state index contributed by atoms with van der Waals surface area (Å²) in [5, 5.41) is 2.52. The average Bonchev–Trinajstić information content (AvgIpc) is 3.48. The first kappa shape index (κ1) is 21.3. The quantitative estimate of drug-likeness (QED) is 0.148. The molecule has 0 amide bonds. The van der Waals surface area contributed by atoms with Gasteiger partial charge in [-0.1, -0.05) is 206 Å². The topological polar surface area (TPSA) is 3.24 Å². The lowest BCUT2D eigenvalue weighted by Crippen LogP contribution is -2.09. The molecule has 0 aliphatic heterocycles. The monoisotopic (exact) mass is 794 g/mol. The molecule has 0 radical (unpaired) electrons. The Hall–Kier alpha value is -8.00. The summed E-state index contributed by atoms with van der Waals surface area (Å²) in [6.07, 6.45) is 0. The van der Waals surface area contributed by atoms with Gasteiger partial charge in [-0.15, -0.1) is 0 Å². The van der Waals surface area contributed by atoms with Gasteiger partial charge in [0.2, 0.25) is 0 Å². The molecule has 0 bridgehead atoms. The number of benzene rings is 11. The van der Waals surface area contributed by atoms with Crippen LogP contribution in [0, 0.1) is 0 Å². The van der Waals surface area contributed by atoms with Crippen LogP contribution in [0.1, 0.15) is 26.0 Å². The van der Waals surface area contributed by atoms with Crippen LogP contribution in [-0.4, -0.2) is 0 Å². The molecular formula is C60H41N. The van der Waals surface area contributed by atoms with E-state index in [1.807, 2.05) is 97.1 Å². The first-order chi connectivity index (χ1) is 38.2. The Morgan fingerprint density at radius 1 is 0.279 bits per heavy atom. The maximum absolute atomic E-state index is 9.82. The fourth-order valence-corrected chi connectivity index (χ4v) is 7.59. The number of hydrogen-bond donors (Lipinski definition) is 0. The summed E-state index contributed by atoms with van der Waals surface area (Å²) in [5.74, 6) is 0. The molecule has 11 aromatic carbocycles. The van der Waals surface area contributed by atoms with Gasteiger partial charge in [0, 0.05) is 17.1 Å². The lowest BCUT2D eigenvalue weighted by Gasteiger charge is -2.26. The van der Waals surface area contributed by atoms with E-state index in [0.717, 1.165) is 32.7 Å². The van der Waals surface area contributed by atoms with Gasteiger partial charge >= 0.3 is 0 Å². The summed E-state index contributed by atoms with van der Waals surface area (Å²) >= 11 is 0. The summed E-state index contributed by atoms with van der Waals surface area (Å²) in [6, 6.07) is 25.0. The maximum Gasteiger partial charge on any atom is 0.0645 e. The lowest BCUT2D eigenvalue weighted by molar-refractivity contribution is 1.28. The third kappa shape index (κ3) is 6.93. The van der Waals surface area contributed by atoms with Crippen molar-refractivity contribution in [2.24, 2.45) is 0 Å². The Morgan fingerprint density at radius 3 is 1.51 bits per heavy atom. The molecule has 0 fully saturated rings. The minimum Gasteiger partial charge on any atom is -0.311 e. The highest BCUT2D eigenvalue weighted by molar-refractivity contribution is 6.04. The molecule has 0 unspecified atom stereocenters. The van der Waals surface area contributed by atoms with Gasteiger partial charge in [-0.3, -0.25) is 0 Å². The van der Waals surface area contributed by atoms with Crippen LogP contribution in [0.4, 0.5) is 17.1 Å². The molecule has 0 saturated carbocycles. The number of rotatable bonds is 8. The van der Waals surface area contributed by atoms with E-state index in [1.54, 1.807) is 36.4 Å². The van der Waals surface area contributed by atoms with Gasteiger partial charge in [0.05, 0.1) is 26.0 Å². The van der Waals surface area contributed by atoms with Gasteiger partial charge in [0.15, 0.2) is 0 Å². The predicted molar refractivity (Wildman–Crippen MR) is 261 cm³/mol. The molecule has 286 valence electrons. The molecule has 0 aliphatic carbocycles. The Balaban J connectivity index is 1.19. The minimum atomic E-state index is -1.04. The van der Waals surface area contributed by atoms with Crippen LogP contribution in [0.15, 0.2) is 248 Å². The van der Waals surface area contributed by atoms with E-state index in [9.17, 15) is 16.4 Å². The number of nitrogens with zero attached hydrogens (tertiary/aromatic N) is 1. The van der Waals surface area contributed by atoms with E-state index >= 15 is 0 Å². The fraction of sp³-hybridized carbons (Fsp3) is 0. The normalized spacial score (nSPS) is 15.6. The van der Waals surface area contributed by atoms with Crippen molar-refractivity contribution in [2.75, 3.05) is 4.90 Å². The van der Waals surface area contributed by atoms with Gasteiger partial charge < -0.3 is 4.90 Å². The molecule has 61 heavy (non-hydrogen) atoms.